The molecule has 1 N–H and O–H groups in total. The first kappa shape index (κ1) is 12.1. The Morgan fingerprint density at radius 3 is 2.53 bits per heavy atom. The minimum Gasteiger partial charge on any atom is -0.340 e. The van der Waals surface area contributed by atoms with Crippen LogP contribution in [0.1, 0.15) is 58.5 Å². The highest BCUT2D eigenvalue weighted by atomic mass is 15.0. The molecule has 0 aliphatic rings. The zero-order valence-corrected chi connectivity index (χ0v) is 11.3. The molecule has 0 saturated carbocycles. The Kier molecular flexibility index (Phi) is 2.94. The number of rotatable bonds is 2. The van der Waals surface area contributed by atoms with E-state index in [1.165, 1.54) is 0 Å². The monoisotopic (exact) mass is 231 g/mol. The first-order chi connectivity index (χ1) is 7.91. The number of fused-ring (bicyclic) bond motifs is 1. The number of hydrogen-bond acceptors (Lipinski definition) is 2. The second kappa shape index (κ2) is 4.13. The van der Waals surface area contributed by atoms with Crippen molar-refractivity contribution in [2.24, 2.45) is 0 Å². The van der Waals surface area contributed by atoms with Crippen molar-refractivity contribution in [2.45, 2.75) is 52.4 Å². The van der Waals surface area contributed by atoms with E-state index in [1.54, 1.807) is 0 Å². The number of hydrogen-bond donors (Lipinski definition) is 1. The molecule has 0 bridgehead atoms. The van der Waals surface area contributed by atoms with E-state index in [9.17, 15) is 0 Å². The minimum atomic E-state index is 0.0731. The summed E-state index contributed by atoms with van der Waals surface area (Å²) in [5, 5.41) is 0. The van der Waals surface area contributed by atoms with Gasteiger partial charge in [0.25, 0.3) is 0 Å². The highest BCUT2D eigenvalue weighted by molar-refractivity contribution is 5.71. The lowest BCUT2D eigenvalue weighted by molar-refractivity contribution is 0.571. The van der Waals surface area contributed by atoms with Crippen LogP contribution in [0.4, 0.5) is 0 Å². The third-order valence-corrected chi connectivity index (χ3v) is 3.21. The largest absolute Gasteiger partial charge is 0.340 e. The lowest BCUT2D eigenvalue weighted by Gasteiger charge is -2.16. The normalized spacial score (nSPS) is 14.2. The number of aromatic nitrogens is 3. The lowest BCUT2D eigenvalue weighted by atomic mass is 9.92. The second-order valence-corrected chi connectivity index (χ2v) is 5.75. The van der Waals surface area contributed by atoms with Gasteiger partial charge in [0.1, 0.15) is 5.82 Å². The smallest absolute Gasteiger partial charge is 0.177 e. The fraction of sp³-hybridized carbons (Fsp3) is 0.571. The molecule has 0 amide bonds. The number of nitrogens with zero attached hydrogens (tertiary/aromatic N) is 2. The van der Waals surface area contributed by atoms with Crippen molar-refractivity contribution in [3.8, 4) is 0 Å². The van der Waals surface area contributed by atoms with Crippen LogP contribution in [0.5, 0.6) is 0 Å². The van der Waals surface area contributed by atoms with E-state index in [-0.39, 0.29) is 5.41 Å². The van der Waals surface area contributed by atoms with E-state index < -0.39 is 0 Å². The summed E-state index contributed by atoms with van der Waals surface area (Å²) in [5.74, 6) is 1.50. The van der Waals surface area contributed by atoms with Gasteiger partial charge in [-0.1, -0.05) is 34.6 Å². The molecule has 0 aliphatic carbocycles. The van der Waals surface area contributed by atoms with E-state index in [4.69, 9.17) is 0 Å². The van der Waals surface area contributed by atoms with Gasteiger partial charge in [-0.2, -0.15) is 0 Å². The average molecular weight is 231 g/mol. The molecular weight excluding hydrogens is 210 g/mol. The summed E-state index contributed by atoms with van der Waals surface area (Å²) >= 11 is 0. The fourth-order valence-corrected chi connectivity index (χ4v) is 1.76. The number of aromatic amines is 1. The van der Waals surface area contributed by atoms with Gasteiger partial charge in [-0.3, -0.25) is 0 Å². The van der Waals surface area contributed by atoms with Crippen molar-refractivity contribution in [2.75, 3.05) is 0 Å². The van der Waals surface area contributed by atoms with Crippen LogP contribution in [0.3, 0.4) is 0 Å². The van der Waals surface area contributed by atoms with E-state index in [0.717, 1.165) is 29.1 Å². The molecule has 1 atom stereocenters. The first-order valence-corrected chi connectivity index (χ1v) is 6.29. The molecule has 3 heteroatoms. The predicted octanol–water partition coefficient (Wildman–Crippen LogP) is 3.77. The first-order valence-electron chi connectivity index (χ1n) is 6.29. The Hall–Kier alpha value is -1.38. The zero-order chi connectivity index (χ0) is 12.6. The third-order valence-electron chi connectivity index (χ3n) is 3.21. The molecule has 2 heterocycles. The summed E-state index contributed by atoms with van der Waals surface area (Å²) in [5.41, 5.74) is 3.04. The van der Waals surface area contributed by atoms with E-state index in [2.05, 4.69) is 61.7 Å². The van der Waals surface area contributed by atoms with Crippen molar-refractivity contribution in [1.29, 1.82) is 0 Å². The SMILES string of the molecule is CCC(C)c1nc2nc(C(C)(C)C)ccc2[nH]1. The van der Waals surface area contributed by atoms with Crippen LogP contribution in [0.15, 0.2) is 12.1 Å². The fourth-order valence-electron chi connectivity index (χ4n) is 1.76. The molecule has 92 valence electrons. The summed E-state index contributed by atoms with van der Waals surface area (Å²) in [6, 6.07) is 4.17. The molecule has 3 nitrogen and oxygen atoms in total. The van der Waals surface area contributed by atoms with Crippen molar-refractivity contribution in [1.82, 2.24) is 15.0 Å². The molecule has 1 unspecified atom stereocenters. The number of nitrogens with one attached hydrogen (secondary N) is 1. The zero-order valence-electron chi connectivity index (χ0n) is 11.3. The summed E-state index contributed by atoms with van der Waals surface area (Å²) < 4.78 is 0. The average Bonchev–Trinajstić information content (AvgIpc) is 2.69. The molecule has 0 radical (unpaired) electrons. The van der Waals surface area contributed by atoms with Crippen molar-refractivity contribution < 1.29 is 0 Å². The number of pyridine rings is 1. The van der Waals surface area contributed by atoms with Gasteiger partial charge >= 0.3 is 0 Å². The molecule has 0 spiro atoms. The number of H-pyrrole nitrogens is 1. The van der Waals surface area contributed by atoms with Crippen LogP contribution in [-0.2, 0) is 5.41 Å². The van der Waals surface area contributed by atoms with Crippen LogP contribution in [-0.4, -0.2) is 15.0 Å². The standard InChI is InChI=1S/C14H21N3/c1-6-9(2)12-15-10-7-8-11(14(3,4)5)16-13(10)17-12/h7-9H,6H2,1-5H3,(H,15,16,17). The van der Waals surface area contributed by atoms with E-state index in [1.807, 2.05) is 0 Å². The van der Waals surface area contributed by atoms with Crippen molar-refractivity contribution in [3.05, 3.63) is 23.7 Å². The molecule has 2 rings (SSSR count). The molecular formula is C14H21N3. The van der Waals surface area contributed by atoms with E-state index >= 15 is 0 Å². The summed E-state index contributed by atoms with van der Waals surface area (Å²) in [4.78, 5) is 12.6. The Balaban J connectivity index is 2.48. The molecule has 0 saturated heterocycles. The predicted molar refractivity (Wildman–Crippen MR) is 71.3 cm³/mol. The van der Waals surface area contributed by atoms with Crippen LogP contribution in [0.25, 0.3) is 11.2 Å². The van der Waals surface area contributed by atoms with Crippen molar-refractivity contribution >= 4 is 11.2 Å². The maximum atomic E-state index is 4.64. The summed E-state index contributed by atoms with van der Waals surface area (Å²) in [6.45, 7) is 10.9. The lowest BCUT2D eigenvalue weighted by Crippen LogP contribution is -2.13. The van der Waals surface area contributed by atoms with Gasteiger partial charge in [0.2, 0.25) is 0 Å². The summed E-state index contributed by atoms with van der Waals surface area (Å²) in [6.07, 6.45) is 1.09. The highest BCUT2D eigenvalue weighted by Crippen LogP contribution is 2.23. The van der Waals surface area contributed by atoms with Gasteiger partial charge in [0.15, 0.2) is 5.65 Å². The molecule has 2 aromatic rings. The molecule has 17 heavy (non-hydrogen) atoms. The maximum Gasteiger partial charge on any atom is 0.177 e. The van der Waals surface area contributed by atoms with Gasteiger partial charge in [-0.25, -0.2) is 9.97 Å². The molecule has 2 aromatic heterocycles. The third kappa shape index (κ3) is 2.33. The van der Waals surface area contributed by atoms with Crippen LogP contribution >= 0.6 is 0 Å². The molecule has 0 aromatic carbocycles. The van der Waals surface area contributed by atoms with Gasteiger partial charge in [0, 0.05) is 17.0 Å². The van der Waals surface area contributed by atoms with Crippen LogP contribution in [0.2, 0.25) is 0 Å². The number of imidazole rings is 1. The Labute approximate surface area is 103 Å². The minimum absolute atomic E-state index is 0.0731. The Morgan fingerprint density at radius 2 is 1.94 bits per heavy atom. The van der Waals surface area contributed by atoms with Crippen LogP contribution < -0.4 is 0 Å². The second-order valence-electron chi connectivity index (χ2n) is 5.75. The Bertz CT molecular complexity index is 520. The van der Waals surface area contributed by atoms with Gasteiger partial charge < -0.3 is 4.98 Å². The topological polar surface area (TPSA) is 41.6 Å². The molecule has 0 fully saturated rings. The van der Waals surface area contributed by atoms with E-state index in [0.29, 0.717) is 5.92 Å². The summed E-state index contributed by atoms with van der Waals surface area (Å²) in [7, 11) is 0. The molecule has 0 aliphatic heterocycles. The quantitative estimate of drug-likeness (QED) is 0.854. The van der Waals surface area contributed by atoms with Gasteiger partial charge in [0.05, 0.1) is 5.52 Å². The van der Waals surface area contributed by atoms with Gasteiger partial charge in [-0.15, -0.1) is 0 Å². The van der Waals surface area contributed by atoms with Gasteiger partial charge in [-0.05, 0) is 18.6 Å². The van der Waals surface area contributed by atoms with Crippen LogP contribution in [0, 0.1) is 0 Å². The Morgan fingerprint density at radius 1 is 1.24 bits per heavy atom. The highest BCUT2D eigenvalue weighted by Gasteiger charge is 2.17. The van der Waals surface area contributed by atoms with Crippen molar-refractivity contribution in [3.63, 3.8) is 0 Å². The maximum absolute atomic E-state index is 4.64.